The van der Waals surface area contributed by atoms with E-state index < -0.39 is 5.60 Å². The molecular formula is C8H16NOP. The fourth-order valence-corrected chi connectivity index (χ4v) is 1.67. The van der Waals surface area contributed by atoms with E-state index in [1.165, 1.54) is 0 Å². The van der Waals surface area contributed by atoms with Gasteiger partial charge in [-0.25, -0.2) is 0 Å². The number of hydrogen-bond acceptors (Lipinski definition) is 2. The standard InChI is InChI=1S/C8H16NOP/c1-2-3-8(10)4-6-9(11)7-5-8/h2,10H,1,3-7,11H2. The van der Waals surface area contributed by atoms with E-state index in [9.17, 15) is 5.11 Å². The number of piperidine rings is 1. The van der Waals surface area contributed by atoms with Crippen LogP contribution in [0.2, 0.25) is 0 Å². The lowest BCUT2D eigenvalue weighted by Gasteiger charge is -2.35. The van der Waals surface area contributed by atoms with Gasteiger partial charge in [0.1, 0.15) is 0 Å². The van der Waals surface area contributed by atoms with Gasteiger partial charge >= 0.3 is 0 Å². The van der Waals surface area contributed by atoms with Crippen LogP contribution >= 0.6 is 9.39 Å². The van der Waals surface area contributed by atoms with Crippen molar-refractivity contribution in [1.29, 1.82) is 0 Å². The van der Waals surface area contributed by atoms with E-state index in [-0.39, 0.29) is 0 Å². The van der Waals surface area contributed by atoms with E-state index in [4.69, 9.17) is 0 Å². The minimum Gasteiger partial charge on any atom is -0.389 e. The van der Waals surface area contributed by atoms with Crippen molar-refractivity contribution in [2.24, 2.45) is 0 Å². The van der Waals surface area contributed by atoms with Gasteiger partial charge in [0.05, 0.1) is 5.60 Å². The maximum atomic E-state index is 9.88. The Hall–Kier alpha value is 0.0900. The summed E-state index contributed by atoms with van der Waals surface area (Å²) in [5.41, 5.74) is -0.463. The Labute approximate surface area is 70.5 Å². The summed E-state index contributed by atoms with van der Waals surface area (Å²) in [7, 11) is 2.67. The molecule has 1 atom stereocenters. The minimum atomic E-state index is -0.463. The number of hydrogen-bond donors (Lipinski definition) is 1. The van der Waals surface area contributed by atoms with Gasteiger partial charge in [-0.1, -0.05) is 15.5 Å². The van der Waals surface area contributed by atoms with E-state index >= 15 is 0 Å². The Balaban J connectivity index is 2.41. The zero-order chi connectivity index (χ0) is 8.32. The second kappa shape index (κ2) is 3.66. The van der Waals surface area contributed by atoms with E-state index in [1.54, 1.807) is 6.08 Å². The Morgan fingerprint density at radius 2 is 2.09 bits per heavy atom. The Kier molecular flexibility index (Phi) is 3.06. The molecule has 1 N–H and O–H groups in total. The Bertz CT molecular complexity index is 141. The van der Waals surface area contributed by atoms with Crippen molar-refractivity contribution in [1.82, 2.24) is 4.67 Å². The molecule has 0 bridgehead atoms. The van der Waals surface area contributed by atoms with Gasteiger partial charge in [0, 0.05) is 13.1 Å². The van der Waals surface area contributed by atoms with Crippen molar-refractivity contribution >= 4 is 9.39 Å². The van der Waals surface area contributed by atoms with Crippen molar-refractivity contribution in [2.45, 2.75) is 24.9 Å². The molecule has 1 rings (SSSR count). The molecule has 0 aliphatic carbocycles. The molecule has 1 heterocycles. The van der Waals surface area contributed by atoms with Gasteiger partial charge in [0.2, 0.25) is 0 Å². The first-order chi connectivity index (χ1) is 5.16. The van der Waals surface area contributed by atoms with Gasteiger partial charge in [-0.15, -0.1) is 6.58 Å². The highest BCUT2D eigenvalue weighted by Gasteiger charge is 2.29. The quantitative estimate of drug-likeness (QED) is 0.500. The van der Waals surface area contributed by atoms with Crippen molar-refractivity contribution < 1.29 is 5.11 Å². The SMILES string of the molecule is C=CCC1(O)CCN(P)CC1. The fraction of sp³-hybridized carbons (Fsp3) is 0.750. The molecule has 11 heavy (non-hydrogen) atoms. The van der Waals surface area contributed by atoms with Crippen LogP contribution in [0.4, 0.5) is 0 Å². The smallest absolute Gasteiger partial charge is 0.0706 e. The Morgan fingerprint density at radius 1 is 1.55 bits per heavy atom. The van der Waals surface area contributed by atoms with Gasteiger partial charge in [0.25, 0.3) is 0 Å². The summed E-state index contributed by atoms with van der Waals surface area (Å²) in [5.74, 6) is 0. The zero-order valence-electron chi connectivity index (χ0n) is 6.79. The van der Waals surface area contributed by atoms with E-state index in [0.29, 0.717) is 0 Å². The highest BCUT2D eigenvalue weighted by atomic mass is 31.0. The number of rotatable bonds is 2. The highest BCUT2D eigenvalue weighted by Crippen LogP contribution is 2.26. The van der Waals surface area contributed by atoms with Crippen molar-refractivity contribution in [3.8, 4) is 0 Å². The molecule has 1 fully saturated rings. The molecule has 0 aromatic rings. The average Bonchev–Trinajstić information content (AvgIpc) is 1.97. The zero-order valence-corrected chi connectivity index (χ0v) is 7.95. The first-order valence-corrected chi connectivity index (χ1v) is 4.51. The van der Waals surface area contributed by atoms with Crippen molar-refractivity contribution in [3.05, 3.63) is 12.7 Å². The molecule has 0 aromatic heterocycles. The molecule has 0 aromatic carbocycles. The van der Waals surface area contributed by atoms with E-state index in [2.05, 4.69) is 20.6 Å². The normalized spacial score (nSPS) is 24.9. The molecule has 1 saturated heterocycles. The van der Waals surface area contributed by atoms with Crippen molar-refractivity contribution in [2.75, 3.05) is 13.1 Å². The first-order valence-electron chi connectivity index (χ1n) is 3.99. The van der Waals surface area contributed by atoms with Crippen LogP contribution in [0.5, 0.6) is 0 Å². The van der Waals surface area contributed by atoms with E-state index in [1.807, 2.05) is 0 Å². The lowest BCUT2D eigenvalue weighted by Crippen LogP contribution is -2.40. The molecule has 1 aliphatic rings. The summed E-state index contributed by atoms with van der Waals surface area (Å²) in [6, 6.07) is 0. The van der Waals surface area contributed by atoms with Gasteiger partial charge in [-0.05, 0) is 19.3 Å². The molecule has 0 amide bonds. The molecule has 3 heteroatoms. The maximum absolute atomic E-state index is 9.88. The largest absolute Gasteiger partial charge is 0.389 e. The van der Waals surface area contributed by atoms with Crippen LogP contribution in [-0.2, 0) is 0 Å². The summed E-state index contributed by atoms with van der Waals surface area (Å²) < 4.78 is 2.16. The van der Waals surface area contributed by atoms with Crippen LogP contribution in [-0.4, -0.2) is 28.5 Å². The van der Waals surface area contributed by atoms with Crippen LogP contribution < -0.4 is 0 Å². The molecule has 2 nitrogen and oxygen atoms in total. The molecule has 1 aliphatic heterocycles. The monoisotopic (exact) mass is 173 g/mol. The molecule has 64 valence electrons. The molecular weight excluding hydrogens is 157 g/mol. The third-order valence-electron chi connectivity index (χ3n) is 2.25. The Morgan fingerprint density at radius 3 is 2.55 bits per heavy atom. The van der Waals surface area contributed by atoms with Crippen LogP contribution in [0.1, 0.15) is 19.3 Å². The number of aliphatic hydroxyl groups is 1. The fourth-order valence-electron chi connectivity index (χ4n) is 1.41. The summed E-state index contributed by atoms with van der Waals surface area (Å²) in [6.45, 7) is 5.57. The first kappa shape index (κ1) is 9.18. The molecule has 0 saturated carbocycles. The van der Waals surface area contributed by atoms with E-state index in [0.717, 1.165) is 32.4 Å². The van der Waals surface area contributed by atoms with Crippen LogP contribution in [0, 0.1) is 0 Å². The summed E-state index contributed by atoms with van der Waals surface area (Å²) in [4.78, 5) is 0. The predicted octanol–water partition coefficient (Wildman–Crippen LogP) is 1.18. The molecule has 1 unspecified atom stereocenters. The predicted molar refractivity (Wildman–Crippen MR) is 50.3 cm³/mol. The summed E-state index contributed by atoms with van der Waals surface area (Å²) >= 11 is 0. The maximum Gasteiger partial charge on any atom is 0.0706 e. The van der Waals surface area contributed by atoms with Crippen LogP contribution in [0.15, 0.2) is 12.7 Å². The van der Waals surface area contributed by atoms with Gasteiger partial charge in [-0.3, -0.25) is 4.67 Å². The van der Waals surface area contributed by atoms with Gasteiger partial charge in [-0.2, -0.15) is 0 Å². The second-order valence-electron chi connectivity index (χ2n) is 3.25. The van der Waals surface area contributed by atoms with Crippen molar-refractivity contribution in [3.63, 3.8) is 0 Å². The topological polar surface area (TPSA) is 23.5 Å². The van der Waals surface area contributed by atoms with Crippen LogP contribution in [0.25, 0.3) is 0 Å². The summed E-state index contributed by atoms with van der Waals surface area (Å²) in [5, 5.41) is 9.88. The summed E-state index contributed by atoms with van der Waals surface area (Å²) in [6.07, 6.45) is 4.26. The second-order valence-corrected chi connectivity index (χ2v) is 3.98. The van der Waals surface area contributed by atoms with Gasteiger partial charge < -0.3 is 5.11 Å². The minimum absolute atomic E-state index is 0.463. The molecule has 0 spiro atoms. The van der Waals surface area contributed by atoms with Gasteiger partial charge in [0.15, 0.2) is 0 Å². The third kappa shape index (κ3) is 2.55. The highest BCUT2D eigenvalue weighted by molar-refractivity contribution is 7.13. The molecule has 0 radical (unpaired) electrons. The average molecular weight is 173 g/mol. The third-order valence-corrected chi connectivity index (χ3v) is 2.77. The lowest BCUT2D eigenvalue weighted by molar-refractivity contribution is -0.000644. The number of nitrogens with zero attached hydrogens (tertiary/aromatic N) is 1. The van der Waals surface area contributed by atoms with Crippen LogP contribution in [0.3, 0.4) is 0 Å². The lowest BCUT2D eigenvalue weighted by atomic mass is 9.89.